The van der Waals surface area contributed by atoms with E-state index >= 15 is 0 Å². The van der Waals surface area contributed by atoms with E-state index in [1.54, 1.807) is 12.2 Å². The molecule has 0 N–H and O–H groups in total. The summed E-state index contributed by atoms with van der Waals surface area (Å²) in [6.07, 6.45) is 0.977. The van der Waals surface area contributed by atoms with E-state index in [2.05, 4.69) is 19.0 Å². The zero-order valence-electron chi connectivity index (χ0n) is 11.6. The van der Waals surface area contributed by atoms with Crippen LogP contribution in [0.3, 0.4) is 0 Å². The number of hydrogen-bond donors (Lipinski definition) is 0. The first-order chi connectivity index (χ1) is 8.47. The standard InChI is InChI=1S/C11H22BN2O3P/c1-6-10-8-14(9-11(12)16-10)17-18(7-2,15-5)13(3)4/h10-11H,2,6,8-9H2,1,3-5H3. The van der Waals surface area contributed by atoms with Gasteiger partial charge in [-0.05, 0) is 20.5 Å². The van der Waals surface area contributed by atoms with Gasteiger partial charge < -0.3 is 9.26 Å². The van der Waals surface area contributed by atoms with Crippen LogP contribution in [-0.2, 0) is 13.9 Å². The maximum Gasteiger partial charge on any atom is 0.257 e. The van der Waals surface area contributed by atoms with Crippen molar-refractivity contribution >= 4 is 20.8 Å². The van der Waals surface area contributed by atoms with Crippen LogP contribution < -0.4 is 0 Å². The van der Waals surface area contributed by atoms with Crippen LogP contribution in [0, 0.1) is 0 Å². The van der Waals surface area contributed by atoms with Crippen molar-refractivity contribution in [3.05, 3.63) is 6.58 Å². The molecule has 0 spiro atoms. The van der Waals surface area contributed by atoms with Gasteiger partial charge in [0.15, 0.2) is 0 Å². The summed E-state index contributed by atoms with van der Waals surface area (Å²) in [4.78, 5) is 0. The van der Waals surface area contributed by atoms with Crippen LogP contribution in [-0.4, -0.2) is 69.4 Å². The molecule has 1 fully saturated rings. The first-order valence-electron chi connectivity index (χ1n) is 6.00. The minimum Gasteiger partial charge on any atom is -0.382 e. The Morgan fingerprint density at radius 3 is 2.67 bits per heavy atom. The Balaban J connectivity index is 2.79. The van der Waals surface area contributed by atoms with Crippen LogP contribution in [0.1, 0.15) is 13.3 Å². The Bertz CT molecular complexity index is 347. The number of nitrogens with zero attached hydrogens (tertiary/aromatic N) is 2. The van der Waals surface area contributed by atoms with Crippen molar-refractivity contribution in [2.24, 2.45) is 0 Å². The van der Waals surface area contributed by atoms with Gasteiger partial charge >= 0.3 is 0 Å². The fourth-order valence-electron chi connectivity index (χ4n) is 1.79. The Hall–Kier alpha value is -0.0551. The molecule has 0 amide bonds. The molecule has 1 saturated heterocycles. The summed E-state index contributed by atoms with van der Waals surface area (Å²) >= 11 is 0. The Kier molecular flexibility index (Phi) is 6.15. The van der Waals surface area contributed by atoms with E-state index in [4.69, 9.17) is 21.7 Å². The summed E-state index contributed by atoms with van der Waals surface area (Å²) in [6, 6.07) is -0.338. The zero-order chi connectivity index (χ0) is 13.8. The van der Waals surface area contributed by atoms with Gasteiger partial charge in [0.1, 0.15) is 7.85 Å². The van der Waals surface area contributed by atoms with Gasteiger partial charge in [0.25, 0.3) is 7.49 Å². The molecular formula is C11H22BN2O3P. The molecule has 0 aromatic rings. The van der Waals surface area contributed by atoms with E-state index in [0.717, 1.165) is 6.42 Å². The molecular weight excluding hydrogens is 250 g/mol. The second-order valence-electron chi connectivity index (χ2n) is 4.34. The lowest BCUT2D eigenvalue weighted by molar-refractivity contribution is -0.162. The minimum absolute atomic E-state index is 0.0829. The summed E-state index contributed by atoms with van der Waals surface area (Å²) in [5.74, 6) is 0. The highest BCUT2D eigenvalue weighted by atomic mass is 31.2. The lowest BCUT2D eigenvalue weighted by Crippen LogP contribution is -2.47. The van der Waals surface area contributed by atoms with E-state index in [1.807, 2.05) is 18.8 Å². The molecule has 1 aliphatic rings. The van der Waals surface area contributed by atoms with Gasteiger partial charge in [-0.25, -0.2) is 9.29 Å². The molecule has 1 heterocycles. The van der Waals surface area contributed by atoms with E-state index in [-0.39, 0.29) is 12.1 Å². The van der Waals surface area contributed by atoms with E-state index in [9.17, 15) is 0 Å². The highest BCUT2D eigenvalue weighted by molar-refractivity contribution is 7.62. The van der Waals surface area contributed by atoms with Crippen LogP contribution >= 0.6 is 7.49 Å². The lowest BCUT2D eigenvalue weighted by Gasteiger charge is -2.39. The van der Waals surface area contributed by atoms with Crippen LogP contribution in [0.25, 0.3) is 0 Å². The molecule has 0 bridgehead atoms. The summed E-state index contributed by atoms with van der Waals surface area (Å²) in [6.45, 7) is 6.94. The summed E-state index contributed by atoms with van der Waals surface area (Å²) in [5.41, 5.74) is 2.88. The third kappa shape index (κ3) is 3.72. The third-order valence-corrected chi connectivity index (χ3v) is 5.21. The molecule has 0 aromatic heterocycles. The fraction of sp³-hybridized carbons (Fsp3) is 0.818. The molecule has 0 aliphatic carbocycles. The molecule has 1 aliphatic heterocycles. The van der Waals surface area contributed by atoms with Crippen LogP contribution in [0.2, 0.25) is 0 Å². The quantitative estimate of drug-likeness (QED) is 0.552. The van der Waals surface area contributed by atoms with Gasteiger partial charge in [0, 0.05) is 19.7 Å². The molecule has 7 heteroatoms. The van der Waals surface area contributed by atoms with Crippen molar-refractivity contribution in [1.82, 2.24) is 9.73 Å². The maximum atomic E-state index is 5.96. The zero-order valence-corrected chi connectivity index (χ0v) is 12.5. The van der Waals surface area contributed by atoms with Crippen molar-refractivity contribution in [1.29, 1.82) is 0 Å². The normalized spacial score (nSPS) is 28.9. The highest BCUT2D eigenvalue weighted by Gasteiger charge is 2.30. The monoisotopic (exact) mass is 272 g/mol. The minimum atomic E-state index is -2.37. The van der Waals surface area contributed by atoms with Crippen LogP contribution in [0.15, 0.2) is 6.58 Å². The Morgan fingerprint density at radius 2 is 2.22 bits per heavy atom. The summed E-state index contributed by atoms with van der Waals surface area (Å²) in [5, 5.41) is 1.80. The van der Waals surface area contributed by atoms with Crippen molar-refractivity contribution in [2.45, 2.75) is 25.5 Å². The predicted octanol–water partition coefficient (Wildman–Crippen LogP) is 1.08. The van der Waals surface area contributed by atoms with Gasteiger partial charge in [0.2, 0.25) is 0 Å². The molecule has 1 rings (SSSR count). The largest absolute Gasteiger partial charge is 0.382 e. The molecule has 2 radical (unpaired) electrons. The first-order valence-corrected chi connectivity index (χ1v) is 7.57. The number of ether oxygens (including phenoxy) is 1. The Morgan fingerprint density at radius 1 is 1.56 bits per heavy atom. The summed E-state index contributed by atoms with van der Waals surface area (Å²) < 4.78 is 18.9. The van der Waals surface area contributed by atoms with Crippen molar-refractivity contribution in [3.8, 4) is 0 Å². The van der Waals surface area contributed by atoms with Gasteiger partial charge in [-0.3, -0.25) is 0 Å². The third-order valence-electron chi connectivity index (χ3n) is 2.81. The fourth-order valence-corrected chi connectivity index (χ4v) is 3.24. The van der Waals surface area contributed by atoms with Crippen molar-refractivity contribution < 1.29 is 13.9 Å². The van der Waals surface area contributed by atoms with E-state index in [0.29, 0.717) is 13.1 Å². The average Bonchev–Trinajstić information content (AvgIpc) is 2.35. The SMILES string of the molecule is [B]C1CN(OP(=C=C)(OC)N(C)C)CC(CC)O1. The number of hydroxylamine groups is 2. The first kappa shape index (κ1) is 16.0. The van der Waals surface area contributed by atoms with E-state index < -0.39 is 7.49 Å². The lowest BCUT2D eigenvalue weighted by atomic mass is 9.98. The summed E-state index contributed by atoms with van der Waals surface area (Å²) in [7, 11) is 8.84. The number of hydrogen-bond acceptors (Lipinski definition) is 5. The molecule has 102 valence electrons. The number of morpholine rings is 1. The molecule has 3 unspecified atom stereocenters. The maximum absolute atomic E-state index is 5.96. The smallest absolute Gasteiger partial charge is 0.257 e. The van der Waals surface area contributed by atoms with Crippen LogP contribution in [0.5, 0.6) is 0 Å². The van der Waals surface area contributed by atoms with E-state index in [1.165, 1.54) is 0 Å². The molecule has 18 heavy (non-hydrogen) atoms. The molecule has 0 saturated carbocycles. The average molecular weight is 272 g/mol. The second kappa shape index (κ2) is 6.92. The van der Waals surface area contributed by atoms with Crippen molar-refractivity contribution in [3.63, 3.8) is 0 Å². The van der Waals surface area contributed by atoms with Crippen molar-refractivity contribution in [2.75, 3.05) is 34.3 Å². The number of rotatable bonds is 5. The van der Waals surface area contributed by atoms with Gasteiger partial charge in [-0.1, -0.05) is 19.0 Å². The van der Waals surface area contributed by atoms with Gasteiger partial charge in [0.05, 0.1) is 12.6 Å². The molecule has 3 atom stereocenters. The molecule has 5 nitrogen and oxygen atoms in total. The van der Waals surface area contributed by atoms with Gasteiger partial charge in [-0.15, -0.1) is 0 Å². The topological polar surface area (TPSA) is 34.2 Å². The van der Waals surface area contributed by atoms with Gasteiger partial charge in [-0.2, -0.15) is 5.06 Å². The van der Waals surface area contributed by atoms with Crippen LogP contribution in [0.4, 0.5) is 0 Å². The predicted molar refractivity (Wildman–Crippen MR) is 75.6 cm³/mol. The highest BCUT2D eigenvalue weighted by Crippen LogP contribution is 2.50. The molecule has 0 aromatic carbocycles. The second-order valence-corrected chi connectivity index (χ2v) is 7.03. The Labute approximate surface area is 111 Å².